The normalized spacial score (nSPS) is 17.3. The highest BCUT2D eigenvalue weighted by Crippen LogP contribution is 1.72. The first-order valence-electron chi connectivity index (χ1n) is 3.34. The fourth-order valence-electron chi connectivity index (χ4n) is 0.539. The van der Waals surface area contributed by atoms with Gasteiger partial charge in [0, 0.05) is 25.2 Å². The molecule has 2 atom stereocenters. The summed E-state index contributed by atoms with van der Waals surface area (Å²) in [5, 5.41) is 3.13. The molecule has 56 valence electrons. The minimum atomic E-state index is 0.226. The van der Waals surface area contributed by atoms with Gasteiger partial charge in [0.15, 0.2) is 0 Å². The fourth-order valence-corrected chi connectivity index (χ4v) is 0.539. The van der Waals surface area contributed by atoms with Crippen LogP contribution in [-0.2, 0) is 0 Å². The number of hydrogen-bond acceptors (Lipinski definition) is 3. The molecule has 0 rings (SSSR count). The third-order valence-corrected chi connectivity index (χ3v) is 0.933. The van der Waals surface area contributed by atoms with E-state index in [0.29, 0.717) is 0 Å². The highest BCUT2D eigenvalue weighted by Gasteiger charge is 1.94. The van der Waals surface area contributed by atoms with Crippen molar-refractivity contribution in [1.29, 1.82) is 0 Å². The van der Waals surface area contributed by atoms with Crippen molar-refractivity contribution >= 4 is 0 Å². The first-order chi connectivity index (χ1) is 4.13. The van der Waals surface area contributed by atoms with Gasteiger partial charge in [-0.05, 0) is 13.8 Å². The van der Waals surface area contributed by atoms with Gasteiger partial charge in [-0.3, -0.25) is 0 Å². The summed E-state index contributed by atoms with van der Waals surface area (Å²) in [7, 11) is 0. The van der Waals surface area contributed by atoms with Gasteiger partial charge in [0.25, 0.3) is 0 Å². The Balaban J connectivity index is 2.91. The maximum Gasteiger partial charge on any atom is 0.0136 e. The van der Waals surface area contributed by atoms with Gasteiger partial charge >= 0.3 is 0 Å². The lowest BCUT2D eigenvalue weighted by Gasteiger charge is -2.08. The van der Waals surface area contributed by atoms with Gasteiger partial charge in [-0.2, -0.15) is 0 Å². The molecule has 0 saturated carbocycles. The van der Waals surface area contributed by atoms with Crippen molar-refractivity contribution in [2.45, 2.75) is 25.9 Å². The highest BCUT2D eigenvalue weighted by molar-refractivity contribution is 4.61. The van der Waals surface area contributed by atoms with Crippen molar-refractivity contribution in [3.63, 3.8) is 0 Å². The van der Waals surface area contributed by atoms with Crippen molar-refractivity contribution < 1.29 is 0 Å². The van der Waals surface area contributed by atoms with E-state index in [1.165, 1.54) is 0 Å². The molecule has 0 aliphatic heterocycles. The molecule has 0 amide bonds. The summed E-state index contributed by atoms with van der Waals surface area (Å²) in [6, 6.07) is 0.451. The summed E-state index contributed by atoms with van der Waals surface area (Å²) in [6.45, 7) is 5.63. The first kappa shape index (κ1) is 8.88. The van der Waals surface area contributed by atoms with E-state index in [1.54, 1.807) is 0 Å². The Morgan fingerprint density at radius 3 is 1.67 bits per heavy atom. The van der Waals surface area contributed by atoms with Gasteiger partial charge in [0.05, 0.1) is 0 Å². The van der Waals surface area contributed by atoms with Crippen LogP contribution >= 0.6 is 0 Å². The monoisotopic (exact) mass is 131 g/mol. The van der Waals surface area contributed by atoms with Crippen molar-refractivity contribution in [3.8, 4) is 0 Å². The molecule has 0 aliphatic carbocycles. The molecule has 2 unspecified atom stereocenters. The van der Waals surface area contributed by atoms with Gasteiger partial charge in [-0.25, -0.2) is 0 Å². The SMILES string of the molecule is CC(N)CNCC(C)N. The maximum atomic E-state index is 5.48. The van der Waals surface area contributed by atoms with Crippen LogP contribution in [0.3, 0.4) is 0 Å². The van der Waals surface area contributed by atoms with Crippen LogP contribution < -0.4 is 16.8 Å². The van der Waals surface area contributed by atoms with Crippen LogP contribution in [-0.4, -0.2) is 25.2 Å². The molecule has 0 aliphatic rings. The van der Waals surface area contributed by atoms with Crippen LogP contribution in [0, 0.1) is 0 Å². The fraction of sp³-hybridized carbons (Fsp3) is 1.00. The summed E-state index contributed by atoms with van der Waals surface area (Å²) in [5.74, 6) is 0. The number of nitrogens with two attached hydrogens (primary N) is 2. The van der Waals surface area contributed by atoms with E-state index in [4.69, 9.17) is 11.5 Å². The third-order valence-electron chi connectivity index (χ3n) is 0.933. The number of rotatable bonds is 4. The van der Waals surface area contributed by atoms with Gasteiger partial charge in [0.1, 0.15) is 0 Å². The molecule has 0 aromatic rings. The number of hydrogen-bond donors (Lipinski definition) is 3. The second kappa shape index (κ2) is 4.73. The number of nitrogens with one attached hydrogen (secondary N) is 1. The van der Waals surface area contributed by atoms with E-state index in [0.717, 1.165) is 13.1 Å². The zero-order chi connectivity index (χ0) is 7.28. The Hall–Kier alpha value is -0.120. The predicted molar refractivity (Wildman–Crippen MR) is 40.2 cm³/mol. The molecule has 0 fully saturated rings. The summed E-state index contributed by atoms with van der Waals surface area (Å²) < 4.78 is 0. The molecule has 0 aromatic carbocycles. The molecule has 0 spiro atoms. The summed E-state index contributed by atoms with van der Waals surface area (Å²) in [5.41, 5.74) is 11.0. The topological polar surface area (TPSA) is 64.1 Å². The molecule has 3 heteroatoms. The Kier molecular flexibility index (Phi) is 4.67. The van der Waals surface area contributed by atoms with E-state index in [9.17, 15) is 0 Å². The Bertz CT molecular complexity index is 53.3. The minimum Gasteiger partial charge on any atom is -0.327 e. The lowest BCUT2D eigenvalue weighted by molar-refractivity contribution is 0.567. The van der Waals surface area contributed by atoms with Crippen LogP contribution in [0.25, 0.3) is 0 Å². The Morgan fingerprint density at radius 1 is 1.11 bits per heavy atom. The second-order valence-electron chi connectivity index (χ2n) is 2.61. The minimum absolute atomic E-state index is 0.226. The van der Waals surface area contributed by atoms with Gasteiger partial charge < -0.3 is 16.8 Å². The van der Waals surface area contributed by atoms with Gasteiger partial charge in [-0.1, -0.05) is 0 Å². The molecule has 0 saturated heterocycles. The Labute approximate surface area is 56.8 Å². The zero-order valence-corrected chi connectivity index (χ0v) is 6.22. The van der Waals surface area contributed by atoms with Crippen LogP contribution in [0.5, 0.6) is 0 Å². The van der Waals surface area contributed by atoms with Crippen LogP contribution in [0.1, 0.15) is 13.8 Å². The molecular formula is C6H17N3. The van der Waals surface area contributed by atoms with Crippen molar-refractivity contribution in [3.05, 3.63) is 0 Å². The van der Waals surface area contributed by atoms with E-state index in [-0.39, 0.29) is 12.1 Å². The van der Waals surface area contributed by atoms with Crippen LogP contribution in [0.4, 0.5) is 0 Å². The molecule has 0 bridgehead atoms. The molecule has 0 aromatic heterocycles. The third kappa shape index (κ3) is 7.88. The van der Waals surface area contributed by atoms with Crippen molar-refractivity contribution in [1.82, 2.24) is 5.32 Å². The molecule has 3 nitrogen and oxygen atoms in total. The largest absolute Gasteiger partial charge is 0.327 e. The first-order valence-corrected chi connectivity index (χ1v) is 3.34. The lowest BCUT2D eigenvalue weighted by atomic mass is 10.3. The van der Waals surface area contributed by atoms with Gasteiger partial charge in [-0.15, -0.1) is 0 Å². The maximum absolute atomic E-state index is 5.48. The molecule has 0 radical (unpaired) electrons. The zero-order valence-electron chi connectivity index (χ0n) is 6.22. The van der Waals surface area contributed by atoms with Crippen LogP contribution in [0.2, 0.25) is 0 Å². The standard InChI is InChI=1S/C6H17N3/c1-5(7)3-9-4-6(2)8/h5-6,9H,3-4,7-8H2,1-2H3. The van der Waals surface area contributed by atoms with E-state index in [2.05, 4.69) is 5.32 Å². The molecule has 5 N–H and O–H groups in total. The highest BCUT2D eigenvalue weighted by atomic mass is 14.9. The average Bonchev–Trinajstić information content (AvgIpc) is 1.63. The second-order valence-corrected chi connectivity index (χ2v) is 2.61. The summed E-state index contributed by atoms with van der Waals surface area (Å²) >= 11 is 0. The van der Waals surface area contributed by atoms with Crippen molar-refractivity contribution in [2.75, 3.05) is 13.1 Å². The Morgan fingerprint density at radius 2 is 1.44 bits per heavy atom. The molecular weight excluding hydrogens is 114 g/mol. The smallest absolute Gasteiger partial charge is 0.0136 e. The molecule has 9 heavy (non-hydrogen) atoms. The van der Waals surface area contributed by atoms with E-state index >= 15 is 0 Å². The lowest BCUT2D eigenvalue weighted by Crippen LogP contribution is -2.37. The predicted octanol–water partition coefficient (Wildman–Crippen LogP) is -0.730. The van der Waals surface area contributed by atoms with E-state index in [1.807, 2.05) is 13.8 Å². The summed E-state index contributed by atoms with van der Waals surface area (Å²) in [6.07, 6.45) is 0. The van der Waals surface area contributed by atoms with Crippen molar-refractivity contribution in [2.24, 2.45) is 11.5 Å². The van der Waals surface area contributed by atoms with E-state index < -0.39 is 0 Å². The average molecular weight is 131 g/mol. The summed E-state index contributed by atoms with van der Waals surface area (Å²) in [4.78, 5) is 0. The van der Waals surface area contributed by atoms with Gasteiger partial charge in [0.2, 0.25) is 0 Å². The quantitative estimate of drug-likeness (QED) is 0.471. The van der Waals surface area contributed by atoms with Crippen LogP contribution in [0.15, 0.2) is 0 Å². The molecule has 0 heterocycles.